The van der Waals surface area contributed by atoms with E-state index in [0.717, 1.165) is 25.7 Å². The molecule has 1 aliphatic rings. The van der Waals surface area contributed by atoms with Gasteiger partial charge in [-0.2, -0.15) is 17.5 Å². The van der Waals surface area contributed by atoms with Crippen molar-refractivity contribution >= 4 is 10.0 Å². The van der Waals surface area contributed by atoms with Crippen LogP contribution in [0.15, 0.2) is 42.5 Å². The predicted molar refractivity (Wildman–Crippen MR) is 87.5 cm³/mol. The third-order valence-electron chi connectivity index (χ3n) is 4.20. The van der Waals surface area contributed by atoms with Crippen LogP contribution in [0.2, 0.25) is 0 Å². The fraction of sp³-hybridized carbons (Fsp3) is 0.529. The Morgan fingerprint density at radius 2 is 1.71 bits per heavy atom. The van der Waals surface area contributed by atoms with Crippen molar-refractivity contribution < 1.29 is 21.6 Å². The molecule has 1 fully saturated rings. The van der Waals surface area contributed by atoms with Crippen molar-refractivity contribution in [3.05, 3.63) is 48.0 Å². The van der Waals surface area contributed by atoms with E-state index >= 15 is 0 Å². The van der Waals surface area contributed by atoms with Gasteiger partial charge in [-0.1, -0.05) is 61.7 Å². The second-order valence-electron chi connectivity index (χ2n) is 6.06. The number of rotatable bonds is 6. The van der Waals surface area contributed by atoms with Crippen LogP contribution in [0.5, 0.6) is 0 Å². The summed E-state index contributed by atoms with van der Waals surface area (Å²) in [6.07, 6.45) is 8.87. The molecule has 7 heteroatoms. The van der Waals surface area contributed by atoms with Crippen molar-refractivity contribution in [2.75, 3.05) is 6.54 Å². The average Bonchev–Trinajstić information content (AvgIpc) is 2.55. The number of hydrogen-bond donors (Lipinski definition) is 0. The first-order chi connectivity index (χ1) is 11.3. The Hall–Kier alpha value is -1.34. The molecule has 0 spiro atoms. The summed E-state index contributed by atoms with van der Waals surface area (Å²) in [7, 11) is -5.36. The molecule has 1 aliphatic carbocycles. The molecule has 1 aromatic carbocycles. The van der Waals surface area contributed by atoms with Crippen molar-refractivity contribution in [2.45, 2.75) is 44.2 Å². The Morgan fingerprint density at radius 1 is 1.08 bits per heavy atom. The van der Waals surface area contributed by atoms with Crippen molar-refractivity contribution in [1.82, 2.24) is 4.31 Å². The molecule has 0 atom stereocenters. The SMILES string of the molecule is O=S(=O)(N(CC=CC1CCCCC1)Cc1ccccc1)C(F)(F)F. The minimum atomic E-state index is -5.36. The van der Waals surface area contributed by atoms with E-state index in [2.05, 4.69) is 0 Å². The van der Waals surface area contributed by atoms with Gasteiger partial charge >= 0.3 is 15.5 Å². The summed E-state index contributed by atoms with van der Waals surface area (Å²) in [5.41, 5.74) is -4.77. The normalized spacial score (nSPS) is 17.7. The monoisotopic (exact) mass is 361 g/mol. The molecular formula is C17H22F3NO2S. The standard InChI is InChI=1S/C17H22F3NO2S/c18-17(19,20)24(22,23)21(14-16-10-5-2-6-11-16)13-7-12-15-8-3-1-4-9-15/h2,5-7,10-12,15H,1,3-4,8-9,13-14H2. The molecule has 0 aliphatic heterocycles. The van der Waals surface area contributed by atoms with Gasteiger partial charge in [-0.25, -0.2) is 8.42 Å². The fourth-order valence-electron chi connectivity index (χ4n) is 2.88. The van der Waals surface area contributed by atoms with E-state index in [1.165, 1.54) is 6.42 Å². The Kier molecular flexibility index (Phi) is 6.46. The van der Waals surface area contributed by atoms with Crippen LogP contribution < -0.4 is 0 Å². The molecule has 2 rings (SSSR count). The maximum atomic E-state index is 12.9. The van der Waals surface area contributed by atoms with Crippen LogP contribution in [-0.2, 0) is 16.6 Å². The number of allylic oxidation sites excluding steroid dienone is 1. The van der Waals surface area contributed by atoms with E-state index in [-0.39, 0.29) is 13.1 Å². The Morgan fingerprint density at radius 3 is 2.29 bits per heavy atom. The Labute approximate surface area is 141 Å². The first kappa shape index (κ1) is 19.0. The van der Waals surface area contributed by atoms with Gasteiger partial charge in [-0.05, 0) is 24.3 Å². The zero-order valence-corrected chi connectivity index (χ0v) is 14.2. The summed E-state index contributed by atoms with van der Waals surface area (Å²) >= 11 is 0. The maximum absolute atomic E-state index is 12.9. The molecule has 0 N–H and O–H groups in total. The van der Waals surface area contributed by atoms with Gasteiger partial charge in [-0.15, -0.1) is 0 Å². The molecule has 0 aromatic heterocycles. The van der Waals surface area contributed by atoms with E-state index < -0.39 is 15.5 Å². The quantitative estimate of drug-likeness (QED) is 0.701. The molecular weight excluding hydrogens is 339 g/mol. The molecule has 1 saturated carbocycles. The summed E-state index contributed by atoms with van der Waals surface area (Å²) in [5, 5.41) is 0. The molecule has 0 radical (unpaired) electrons. The van der Waals surface area contributed by atoms with Crippen molar-refractivity contribution in [1.29, 1.82) is 0 Å². The molecule has 3 nitrogen and oxygen atoms in total. The van der Waals surface area contributed by atoms with Crippen LogP contribution in [0.4, 0.5) is 13.2 Å². The Balaban J connectivity index is 2.11. The van der Waals surface area contributed by atoms with Gasteiger partial charge in [0.05, 0.1) is 0 Å². The van der Waals surface area contributed by atoms with E-state index in [9.17, 15) is 21.6 Å². The molecule has 0 saturated heterocycles. The molecule has 0 amide bonds. The second kappa shape index (κ2) is 8.16. The van der Waals surface area contributed by atoms with Crippen LogP contribution in [0.3, 0.4) is 0 Å². The summed E-state index contributed by atoms with van der Waals surface area (Å²) in [6, 6.07) is 8.31. The van der Waals surface area contributed by atoms with Crippen LogP contribution >= 0.6 is 0 Å². The van der Waals surface area contributed by atoms with Crippen LogP contribution in [0.1, 0.15) is 37.7 Å². The predicted octanol–water partition coefficient (Wildman–Crippen LogP) is 4.47. The first-order valence-electron chi connectivity index (χ1n) is 8.08. The third-order valence-corrected chi connectivity index (χ3v) is 5.74. The van der Waals surface area contributed by atoms with Crippen LogP contribution in [0, 0.1) is 5.92 Å². The number of benzene rings is 1. The van der Waals surface area contributed by atoms with E-state index in [0.29, 0.717) is 15.8 Å². The largest absolute Gasteiger partial charge is 0.511 e. The number of nitrogens with zero attached hydrogens (tertiary/aromatic N) is 1. The van der Waals surface area contributed by atoms with E-state index in [1.807, 2.05) is 6.08 Å². The fourth-order valence-corrected chi connectivity index (χ4v) is 3.77. The van der Waals surface area contributed by atoms with Crippen LogP contribution in [0.25, 0.3) is 0 Å². The average molecular weight is 361 g/mol. The van der Waals surface area contributed by atoms with Crippen molar-refractivity contribution in [2.24, 2.45) is 5.92 Å². The zero-order valence-electron chi connectivity index (χ0n) is 13.4. The van der Waals surface area contributed by atoms with Gasteiger partial charge in [0.1, 0.15) is 0 Å². The molecule has 0 bridgehead atoms. The Bertz CT molecular complexity index is 636. The van der Waals surface area contributed by atoms with E-state index in [1.54, 1.807) is 36.4 Å². The van der Waals surface area contributed by atoms with Gasteiger partial charge in [-0.3, -0.25) is 0 Å². The van der Waals surface area contributed by atoms with Crippen LogP contribution in [-0.4, -0.2) is 24.8 Å². The van der Waals surface area contributed by atoms with Gasteiger partial charge in [0.15, 0.2) is 0 Å². The highest BCUT2D eigenvalue weighted by Crippen LogP contribution is 2.28. The molecule has 1 aromatic rings. The van der Waals surface area contributed by atoms with E-state index in [4.69, 9.17) is 0 Å². The molecule has 0 unspecified atom stereocenters. The highest BCUT2D eigenvalue weighted by molar-refractivity contribution is 7.89. The number of halogens is 3. The summed E-state index contributed by atoms with van der Waals surface area (Å²) < 4.78 is 62.8. The van der Waals surface area contributed by atoms with Crippen molar-refractivity contribution in [3.8, 4) is 0 Å². The lowest BCUT2D eigenvalue weighted by molar-refractivity contribution is -0.0488. The minimum absolute atomic E-state index is 0.271. The summed E-state index contributed by atoms with van der Waals surface area (Å²) in [5.74, 6) is 0.339. The molecule has 24 heavy (non-hydrogen) atoms. The van der Waals surface area contributed by atoms with Crippen molar-refractivity contribution in [3.63, 3.8) is 0 Å². The van der Waals surface area contributed by atoms with Gasteiger partial charge < -0.3 is 0 Å². The van der Waals surface area contributed by atoms with Gasteiger partial charge in [0, 0.05) is 13.1 Å². The molecule has 0 heterocycles. The summed E-state index contributed by atoms with van der Waals surface area (Å²) in [6.45, 7) is -0.565. The lowest BCUT2D eigenvalue weighted by Gasteiger charge is -2.23. The number of alkyl halides is 3. The lowest BCUT2D eigenvalue weighted by Crippen LogP contribution is -2.40. The highest BCUT2D eigenvalue weighted by atomic mass is 32.2. The summed E-state index contributed by atoms with van der Waals surface area (Å²) in [4.78, 5) is 0. The second-order valence-corrected chi connectivity index (χ2v) is 7.98. The lowest BCUT2D eigenvalue weighted by atomic mass is 9.89. The topological polar surface area (TPSA) is 37.4 Å². The first-order valence-corrected chi connectivity index (χ1v) is 9.52. The molecule has 134 valence electrons. The maximum Gasteiger partial charge on any atom is 0.511 e. The number of hydrogen-bond acceptors (Lipinski definition) is 2. The van der Waals surface area contributed by atoms with Gasteiger partial charge in [0.25, 0.3) is 0 Å². The van der Waals surface area contributed by atoms with Gasteiger partial charge in [0.2, 0.25) is 0 Å². The smallest absolute Gasteiger partial charge is 0.203 e. The minimum Gasteiger partial charge on any atom is -0.203 e. The number of sulfonamides is 1. The highest BCUT2D eigenvalue weighted by Gasteiger charge is 2.49. The zero-order chi connectivity index (χ0) is 17.6. The third kappa shape index (κ3) is 5.08.